The van der Waals surface area contributed by atoms with Gasteiger partial charge in [0.15, 0.2) is 11.6 Å². The highest BCUT2D eigenvalue weighted by molar-refractivity contribution is 5.90. The average molecular weight is 461 g/mol. The van der Waals surface area contributed by atoms with E-state index in [0.717, 1.165) is 36.2 Å². The molecular weight excluding hydrogens is 418 g/mol. The van der Waals surface area contributed by atoms with Crippen molar-refractivity contribution in [3.05, 3.63) is 34.4 Å². The van der Waals surface area contributed by atoms with E-state index in [1.54, 1.807) is 0 Å². The molecule has 33 heavy (non-hydrogen) atoms. The fourth-order valence-electron chi connectivity index (χ4n) is 7.28. The van der Waals surface area contributed by atoms with Gasteiger partial charge in [-0.15, -0.1) is 0 Å². The highest BCUT2D eigenvalue weighted by Crippen LogP contribution is 2.49. The molecule has 0 saturated heterocycles. The van der Waals surface area contributed by atoms with Crippen LogP contribution >= 0.6 is 0 Å². The summed E-state index contributed by atoms with van der Waals surface area (Å²) in [6.07, 6.45) is 18.7. The number of halogens is 2. The molecule has 0 heterocycles. The molecule has 0 aliphatic heterocycles. The molecule has 184 valence electrons. The van der Waals surface area contributed by atoms with Crippen molar-refractivity contribution in [3.63, 3.8) is 0 Å². The van der Waals surface area contributed by atoms with Crippen molar-refractivity contribution in [2.75, 3.05) is 7.11 Å². The van der Waals surface area contributed by atoms with Gasteiger partial charge in [0.2, 0.25) is 0 Å². The van der Waals surface area contributed by atoms with Gasteiger partial charge >= 0.3 is 5.97 Å². The number of fused-ring (bicyclic) bond motifs is 2. The Balaban J connectivity index is 1.31. The maximum absolute atomic E-state index is 14.9. The second kappa shape index (κ2) is 11.3. The van der Waals surface area contributed by atoms with Gasteiger partial charge < -0.3 is 4.74 Å². The lowest BCUT2D eigenvalue weighted by Crippen LogP contribution is -2.35. The maximum Gasteiger partial charge on any atom is 0.340 e. The molecule has 4 rings (SSSR count). The van der Waals surface area contributed by atoms with Crippen LogP contribution in [0.15, 0.2) is 6.07 Å². The van der Waals surface area contributed by atoms with E-state index >= 15 is 0 Å². The lowest BCUT2D eigenvalue weighted by Gasteiger charge is -2.45. The number of aryl methyl sites for hydroxylation is 1. The standard InChI is InChI=1S/C29H42F2O2/c1-3-4-5-6-7-8-19-9-10-21-16-22(12-11-20(21)15-19)23-13-14-24-18-26(29(32)33-2)28(31)27(30)25(24)17-23/h18-23H,3-17H2,1-2H3. The average Bonchev–Trinajstić information content (AvgIpc) is 2.85. The van der Waals surface area contributed by atoms with Gasteiger partial charge in [-0.2, -0.15) is 0 Å². The first-order chi connectivity index (χ1) is 16.0. The largest absolute Gasteiger partial charge is 0.465 e. The highest BCUT2D eigenvalue weighted by atomic mass is 19.2. The number of rotatable bonds is 8. The van der Waals surface area contributed by atoms with E-state index in [-0.39, 0.29) is 5.56 Å². The van der Waals surface area contributed by atoms with Crippen LogP contribution in [0.4, 0.5) is 8.78 Å². The molecule has 3 aliphatic carbocycles. The molecule has 0 bridgehead atoms. The Morgan fingerprint density at radius 3 is 2.36 bits per heavy atom. The second-order valence-corrected chi connectivity index (χ2v) is 11.2. The van der Waals surface area contributed by atoms with Crippen molar-refractivity contribution in [2.24, 2.45) is 29.6 Å². The number of unbranched alkanes of at least 4 members (excludes halogenated alkanes) is 4. The van der Waals surface area contributed by atoms with Crippen LogP contribution in [-0.4, -0.2) is 13.1 Å². The summed E-state index contributed by atoms with van der Waals surface area (Å²) in [5.74, 6) is 1.07. The first-order valence-electron chi connectivity index (χ1n) is 13.6. The van der Waals surface area contributed by atoms with Gasteiger partial charge in [0.05, 0.1) is 12.7 Å². The Bertz CT molecular complexity index is 820. The summed E-state index contributed by atoms with van der Waals surface area (Å²) in [6.45, 7) is 2.28. The monoisotopic (exact) mass is 460 g/mol. The Kier molecular flexibility index (Phi) is 8.46. The van der Waals surface area contributed by atoms with E-state index in [9.17, 15) is 13.6 Å². The van der Waals surface area contributed by atoms with Gasteiger partial charge in [0.25, 0.3) is 0 Å². The number of ether oxygens (including phenoxy) is 1. The summed E-state index contributed by atoms with van der Waals surface area (Å²) in [4.78, 5) is 11.8. The quantitative estimate of drug-likeness (QED) is 0.290. The van der Waals surface area contributed by atoms with E-state index in [2.05, 4.69) is 11.7 Å². The summed E-state index contributed by atoms with van der Waals surface area (Å²) in [5, 5.41) is 0. The van der Waals surface area contributed by atoms with Crippen molar-refractivity contribution in [1.82, 2.24) is 0 Å². The minimum atomic E-state index is -1.04. The van der Waals surface area contributed by atoms with E-state index < -0.39 is 17.6 Å². The minimum Gasteiger partial charge on any atom is -0.465 e. The fourth-order valence-corrected chi connectivity index (χ4v) is 7.28. The number of hydrogen-bond acceptors (Lipinski definition) is 2. The van der Waals surface area contributed by atoms with Gasteiger partial charge in [0.1, 0.15) is 0 Å². The van der Waals surface area contributed by atoms with Crippen LogP contribution < -0.4 is 0 Å². The molecule has 0 amide bonds. The number of methoxy groups -OCH3 is 1. The molecule has 2 fully saturated rings. The molecule has 0 aromatic heterocycles. The van der Waals surface area contributed by atoms with Crippen LogP contribution in [0.3, 0.4) is 0 Å². The summed E-state index contributed by atoms with van der Waals surface area (Å²) in [7, 11) is 1.20. The van der Waals surface area contributed by atoms with Crippen LogP contribution in [0.5, 0.6) is 0 Å². The molecule has 3 aliphatic rings. The molecule has 5 atom stereocenters. The van der Waals surface area contributed by atoms with Gasteiger partial charge in [0, 0.05) is 0 Å². The fraction of sp³-hybridized carbons (Fsp3) is 0.759. The van der Waals surface area contributed by atoms with Gasteiger partial charge in [-0.05, 0) is 98.1 Å². The molecular formula is C29H42F2O2. The van der Waals surface area contributed by atoms with Crippen molar-refractivity contribution >= 4 is 5.97 Å². The van der Waals surface area contributed by atoms with Crippen LogP contribution in [0, 0.1) is 41.2 Å². The van der Waals surface area contributed by atoms with E-state index in [1.807, 2.05) is 0 Å². The van der Waals surface area contributed by atoms with Crippen LogP contribution in [0.25, 0.3) is 0 Å². The molecule has 2 nitrogen and oxygen atoms in total. The number of carbonyl (C=O) groups is 1. The third-order valence-electron chi connectivity index (χ3n) is 9.20. The van der Waals surface area contributed by atoms with Crippen LogP contribution in [-0.2, 0) is 17.6 Å². The molecule has 0 spiro atoms. The Hall–Kier alpha value is -1.45. The number of esters is 1. The topological polar surface area (TPSA) is 26.3 Å². The number of benzene rings is 1. The molecule has 0 radical (unpaired) electrons. The van der Waals surface area contributed by atoms with Crippen molar-refractivity contribution in [1.29, 1.82) is 0 Å². The van der Waals surface area contributed by atoms with Crippen LogP contribution in [0.1, 0.15) is 112 Å². The normalized spacial score (nSPS) is 29.3. The maximum atomic E-state index is 14.9. The Morgan fingerprint density at radius 1 is 0.909 bits per heavy atom. The molecule has 4 heteroatoms. The first-order valence-corrected chi connectivity index (χ1v) is 13.6. The SMILES string of the molecule is CCCCCCCC1CCC2CC(C3CCc4cc(C(=O)OC)c(F)c(F)c4C3)CCC2C1. The van der Waals surface area contributed by atoms with Crippen molar-refractivity contribution in [2.45, 2.75) is 103 Å². The zero-order valence-corrected chi connectivity index (χ0v) is 20.6. The number of hydrogen-bond donors (Lipinski definition) is 0. The van der Waals surface area contributed by atoms with Crippen molar-refractivity contribution < 1.29 is 18.3 Å². The zero-order chi connectivity index (χ0) is 23.4. The summed E-state index contributed by atoms with van der Waals surface area (Å²) < 4.78 is 34.0. The highest BCUT2D eigenvalue weighted by Gasteiger charge is 2.39. The van der Waals surface area contributed by atoms with Gasteiger partial charge in [-0.3, -0.25) is 0 Å². The van der Waals surface area contributed by atoms with Crippen molar-refractivity contribution in [3.8, 4) is 0 Å². The van der Waals surface area contributed by atoms with Crippen LogP contribution in [0.2, 0.25) is 0 Å². The van der Waals surface area contributed by atoms with Gasteiger partial charge in [-0.25, -0.2) is 13.6 Å². The lowest BCUT2D eigenvalue weighted by atomic mass is 9.60. The molecule has 1 aromatic rings. The first kappa shape index (κ1) is 24.7. The Labute approximate surface area is 198 Å². The second-order valence-electron chi connectivity index (χ2n) is 11.2. The third-order valence-corrected chi connectivity index (χ3v) is 9.20. The summed E-state index contributed by atoms with van der Waals surface area (Å²) >= 11 is 0. The van der Waals surface area contributed by atoms with E-state index in [0.29, 0.717) is 23.8 Å². The summed E-state index contributed by atoms with van der Waals surface area (Å²) in [6, 6.07) is 1.52. The number of carbonyl (C=O) groups excluding carboxylic acids is 1. The van der Waals surface area contributed by atoms with E-state index in [1.165, 1.54) is 90.2 Å². The smallest absolute Gasteiger partial charge is 0.340 e. The Morgan fingerprint density at radius 2 is 1.61 bits per heavy atom. The molecule has 1 aromatic carbocycles. The zero-order valence-electron chi connectivity index (χ0n) is 20.6. The summed E-state index contributed by atoms with van der Waals surface area (Å²) in [5.41, 5.74) is 1.03. The lowest BCUT2D eigenvalue weighted by molar-refractivity contribution is 0.0593. The predicted molar refractivity (Wildman–Crippen MR) is 128 cm³/mol. The third kappa shape index (κ3) is 5.62. The molecule has 2 saturated carbocycles. The molecule has 5 unspecified atom stereocenters. The minimum absolute atomic E-state index is 0.269. The van der Waals surface area contributed by atoms with Gasteiger partial charge in [-0.1, -0.05) is 51.9 Å². The predicted octanol–water partition coefficient (Wildman–Crippen LogP) is 8.05. The molecule has 0 N–H and O–H groups in total. The van der Waals surface area contributed by atoms with E-state index in [4.69, 9.17) is 0 Å².